The number of nitrogens with one attached hydrogen (secondary N) is 1. The molecule has 0 aliphatic heterocycles. The van der Waals surface area contributed by atoms with Gasteiger partial charge in [0.15, 0.2) is 5.69 Å². The van der Waals surface area contributed by atoms with Crippen molar-refractivity contribution in [1.82, 2.24) is 19.5 Å². The van der Waals surface area contributed by atoms with Gasteiger partial charge in [-0.2, -0.15) is 13.2 Å². The van der Waals surface area contributed by atoms with Crippen molar-refractivity contribution in [3.05, 3.63) is 64.6 Å². The highest BCUT2D eigenvalue weighted by molar-refractivity contribution is 6.28. The van der Waals surface area contributed by atoms with Gasteiger partial charge in [0, 0.05) is 48.8 Å². The molecule has 0 saturated carbocycles. The molecule has 1 aromatic carbocycles. The Bertz CT molecular complexity index is 1270. The molecule has 0 radical (unpaired) electrons. The molecule has 0 aliphatic rings. The van der Waals surface area contributed by atoms with Crippen molar-refractivity contribution in [2.24, 2.45) is 7.05 Å². The maximum atomic E-state index is 14.8. The second-order valence-corrected chi connectivity index (χ2v) is 8.87. The molecule has 7 nitrogen and oxygen atoms in total. The first-order valence-electron chi connectivity index (χ1n) is 10.3. The SMILES string of the molecule is Cn1cc(C(F)(F)F)nc1-c1ccc(CNc2nc(Cl)ncc2/C=C/C(=O)OC(C)(C)C)c(F)c1. The van der Waals surface area contributed by atoms with E-state index in [2.05, 4.69) is 20.3 Å². The first-order chi connectivity index (χ1) is 16.2. The van der Waals surface area contributed by atoms with E-state index in [9.17, 15) is 22.4 Å². The zero-order valence-electron chi connectivity index (χ0n) is 19.2. The Labute approximate surface area is 203 Å². The summed E-state index contributed by atoms with van der Waals surface area (Å²) in [6.07, 6.45) is 0.268. The molecule has 2 heterocycles. The number of hydrogen-bond donors (Lipinski definition) is 1. The van der Waals surface area contributed by atoms with Gasteiger partial charge in [-0.25, -0.2) is 24.1 Å². The van der Waals surface area contributed by atoms with Gasteiger partial charge >= 0.3 is 12.1 Å². The topological polar surface area (TPSA) is 81.9 Å². The molecule has 1 N–H and O–H groups in total. The predicted molar refractivity (Wildman–Crippen MR) is 123 cm³/mol. The molecule has 0 amide bonds. The number of benzene rings is 1. The molecule has 2 aromatic heterocycles. The van der Waals surface area contributed by atoms with E-state index < -0.39 is 29.3 Å². The summed E-state index contributed by atoms with van der Waals surface area (Å²) >= 11 is 5.88. The van der Waals surface area contributed by atoms with Crippen molar-refractivity contribution >= 4 is 29.5 Å². The number of ether oxygens (including phenoxy) is 1. The average Bonchev–Trinajstić information content (AvgIpc) is 3.13. The van der Waals surface area contributed by atoms with Crippen LogP contribution in [0.2, 0.25) is 5.28 Å². The van der Waals surface area contributed by atoms with Crippen molar-refractivity contribution in [2.75, 3.05) is 5.32 Å². The predicted octanol–water partition coefficient (Wildman–Crippen LogP) is 5.66. The molecular formula is C23H22ClF4N5O2. The fourth-order valence-corrected chi connectivity index (χ4v) is 3.14. The monoisotopic (exact) mass is 511 g/mol. The summed E-state index contributed by atoms with van der Waals surface area (Å²) in [5, 5.41) is 2.87. The molecule has 0 fully saturated rings. The summed E-state index contributed by atoms with van der Waals surface area (Å²) in [6, 6.07) is 4.01. The van der Waals surface area contributed by atoms with Crippen molar-refractivity contribution < 1.29 is 27.1 Å². The number of imidazole rings is 1. The smallest absolute Gasteiger partial charge is 0.434 e. The van der Waals surface area contributed by atoms with Crippen molar-refractivity contribution in [3.63, 3.8) is 0 Å². The van der Waals surface area contributed by atoms with Crippen molar-refractivity contribution in [1.29, 1.82) is 0 Å². The van der Waals surface area contributed by atoms with E-state index in [-0.39, 0.29) is 34.6 Å². The van der Waals surface area contributed by atoms with Gasteiger partial charge < -0.3 is 14.6 Å². The van der Waals surface area contributed by atoms with E-state index in [1.54, 1.807) is 20.8 Å². The number of aryl methyl sites for hydroxylation is 1. The zero-order valence-corrected chi connectivity index (χ0v) is 20.0. The lowest BCUT2D eigenvalue weighted by molar-refractivity contribution is -0.148. The van der Waals surface area contributed by atoms with Gasteiger partial charge in [-0.3, -0.25) is 0 Å². The Morgan fingerprint density at radius 1 is 1.23 bits per heavy atom. The third-order valence-electron chi connectivity index (χ3n) is 4.52. The van der Waals surface area contributed by atoms with E-state index in [0.29, 0.717) is 5.56 Å². The van der Waals surface area contributed by atoms with E-state index >= 15 is 0 Å². The summed E-state index contributed by atoms with van der Waals surface area (Å²) in [5.74, 6) is -0.999. The number of nitrogens with zero attached hydrogens (tertiary/aromatic N) is 4. The Balaban J connectivity index is 1.78. The molecule has 186 valence electrons. The van der Waals surface area contributed by atoms with E-state index in [4.69, 9.17) is 16.3 Å². The van der Waals surface area contributed by atoms with Crippen LogP contribution in [-0.4, -0.2) is 31.1 Å². The quantitative estimate of drug-likeness (QED) is 0.199. The number of alkyl halides is 3. The highest BCUT2D eigenvalue weighted by atomic mass is 35.5. The fraction of sp³-hybridized carbons (Fsp3) is 0.304. The highest BCUT2D eigenvalue weighted by Crippen LogP contribution is 2.31. The number of esters is 1. The van der Waals surface area contributed by atoms with Gasteiger partial charge in [0.25, 0.3) is 0 Å². The number of carbonyl (C=O) groups excluding carboxylic acids is 1. The minimum atomic E-state index is -4.60. The summed E-state index contributed by atoms with van der Waals surface area (Å²) in [4.78, 5) is 23.5. The lowest BCUT2D eigenvalue weighted by Crippen LogP contribution is -2.22. The van der Waals surface area contributed by atoms with Gasteiger partial charge in [-0.1, -0.05) is 12.1 Å². The number of halogens is 5. The molecule has 0 unspecified atom stereocenters. The molecule has 0 saturated heterocycles. The van der Waals surface area contributed by atoms with Crippen LogP contribution in [0.1, 0.15) is 37.6 Å². The minimum absolute atomic E-state index is 0.0205. The Kier molecular flexibility index (Phi) is 7.49. The van der Waals surface area contributed by atoms with Gasteiger partial charge in [-0.05, 0) is 44.5 Å². The second-order valence-electron chi connectivity index (χ2n) is 8.53. The van der Waals surface area contributed by atoms with E-state index in [1.807, 2.05) is 0 Å². The standard InChI is InChI=1S/C23H22ClF4N5O2/c1-22(2,3)35-18(34)8-7-15-11-30-21(24)32-19(15)29-10-14-6-5-13(9-16(14)25)20-31-17(12-33(20)4)23(26,27)28/h5-9,11-12H,10H2,1-4H3,(H,29,30,32)/b8-7+. The number of carbonyl (C=O) groups is 1. The molecule has 35 heavy (non-hydrogen) atoms. The molecule has 0 atom stereocenters. The molecular weight excluding hydrogens is 490 g/mol. The Morgan fingerprint density at radius 3 is 2.54 bits per heavy atom. The molecule has 3 aromatic rings. The van der Waals surface area contributed by atoms with Gasteiger partial charge in [0.05, 0.1) is 0 Å². The third kappa shape index (κ3) is 7.01. The summed E-state index contributed by atoms with van der Waals surface area (Å²) in [6.45, 7) is 5.18. The lowest BCUT2D eigenvalue weighted by Gasteiger charge is -2.18. The summed E-state index contributed by atoms with van der Waals surface area (Å²) in [5.41, 5.74) is -0.906. The number of anilines is 1. The summed E-state index contributed by atoms with van der Waals surface area (Å²) < 4.78 is 59.9. The number of rotatable bonds is 6. The van der Waals surface area contributed by atoms with E-state index in [0.717, 1.165) is 12.3 Å². The zero-order chi connectivity index (χ0) is 26.0. The van der Waals surface area contributed by atoms with Crippen LogP contribution in [0.3, 0.4) is 0 Å². The van der Waals surface area contributed by atoms with Gasteiger partial charge in [0.1, 0.15) is 23.1 Å². The normalized spacial score (nSPS) is 12.3. The Morgan fingerprint density at radius 2 is 1.94 bits per heavy atom. The first-order valence-corrected chi connectivity index (χ1v) is 10.7. The Hall–Kier alpha value is -3.47. The van der Waals surface area contributed by atoms with Gasteiger partial charge in [0.2, 0.25) is 5.28 Å². The molecule has 0 bridgehead atoms. The highest BCUT2D eigenvalue weighted by Gasteiger charge is 2.34. The van der Waals surface area contributed by atoms with Crippen LogP contribution in [-0.2, 0) is 29.3 Å². The van der Waals surface area contributed by atoms with Crippen molar-refractivity contribution in [2.45, 2.75) is 39.1 Å². The summed E-state index contributed by atoms with van der Waals surface area (Å²) in [7, 11) is 1.40. The van der Waals surface area contributed by atoms with E-state index in [1.165, 1.54) is 42.1 Å². The molecule has 3 rings (SSSR count). The molecule has 12 heteroatoms. The average molecular weight is 512 g/mol. The first kappa shape index (κ1) is 26.1. The maximum absolute atomic E-state index is 14.8. The van der Waals surface area contributed by atoms with Crippen LogP contribution in [0.25, 0.3) is 17.5 Å². The van der Waals surface area contributed by atoms with Crippen molar-refractivity contribution in [3.8, 4) is 11.4 Å². The number of hydrogen-bond acceptors (Lipinski definition) is 6. The van der Waals surface area contributed by atoms with Crippen LogP contribution >= 0.6 is 11.6 Å². The van der Waals surface area contributed by atoms with Crippen LogP contribution in [0.15, 0.2) is 36.7 Å². The second kappa shape index (κ2) is 10.0. The van der Waals surface area contributed by atoms with Crippen LogP contribution in [0.5, 0.6) is 0 Å². The lowest BCUT2D eigenvalue weighted by atomic mass is 10.1. The molecule has 0 spiro atoms. The van der Waals surface area contributed by atoms with Crippen LogP contribution in [0.4, 0.5) is 23.4 Å². The maximum Gasteiger partial charge on any atom is 0.434 e. The third-order valence-corrected chi connectivity index (χ3v) is 4.70. The fourth-order valence-electron chi connectivity index (χ4n) is 3.01. The molecule has 0 aliphatic carbocycles. The van der Waals surface area contributed by atoms with Crippen LogP contribution < -0.4 is 5.32 Å². The minimum Gasteiger partial charge on any atom is -0.457 e. The number of aromatic nitrogens is 4. The van der Waals surface area contributed by atoms with Crippen LogP contribution in [0, 0.1) is 5.82 Å². The largest absolute Gasteiger partial charge is 0.457 e. The van der Waals surface area contributed by atoms with Gasteiger partial charge in [-0.15, -0.1) is 0 Å².